The van der Waals surface area contributed by atoms with Crippen molar-refractivity contribution in [3.8, 4) is 0 Å². The third kappa shape index (κ3) is 7.25. The highest BCUT2D eigenvalue weighted by atomic mass is 31.2. The van der Waals surface area contributed by atoms with Crippen molar-refractivity contribution in [2.24, 2.45) is 5.11 Å². The lowest BCUT2D eigenvalue weighted by molar-refractivity contribution is -0.139. The molecule has 0 aliphatic carbocycles. The topological polar surface area (TPSA) is 216 Å². The van der Waals surface area contributed by atoms with Gasteiger partial charge in [0.1, 0.15) is 19.3 Å². The molecular formula is C16H24N7O9P. The van der Waals surface area contributed by atoms with E-state index in [4.69, 9.17) is 14.8 Å². The van der Waals surface area contributed by atoms with Crippen LogP contribution in [0.1, 0.15) is 18.2 Å². The molecule has 0 aromatic carbocycles. The van der Waals surface area contributed by atoms with Crippen LogP contribution in [0.25, 0.3) is 10.4 Å². The summed E-state index contributed by atoms with van der Waals surface area (Å²) in [6.45, 7) is 0.103. The average molecular weight is 489 g/mol. The lowest BCUT2D eigenvalue weighted by Crippen LogP contribution is -2.35. The van der Waals surface area contributed by atoms with Crippen LogP contribution in [0, 0.1) is 6.92 Å². The molecule has 33 heavy (non-hydrogen) atoms. The van der Waals surface area contributed by atoms with E-state index in [-0.39, 0.29) is 12.0 Å². The number of hydrogen-bond acceptors (Lipinski definition) is 10. The maximum Gasteiger partial charge on any atom is 0.341 e. The van der Waals surface area contributed by atoms with E-state index in [1.165, 1.54) is 13.1 Å². The van der Waals surface area contributed by atoms with E-state index < -0.39 is 68.9 Å². The van der Waals surface area contributed by atoms with Crippen LogP contribution in [-0.4, -0.2) is 67.6 Å². The molecule has 1 aliphatic heterocycles. The highest BCUT2D eigenvalue weighted by molar-refractivity contribution is 7.54. The maximum atomic E-state index is 13.0. The highest BCUT2D eigenvalue weighted by Crippen LogP contribution is 2.39. The van der Waals surface area contributed by atoms with Crippen LogP contribution >= 0.6 is 7.67 Å². The molecule has 0 radical (unpaired) electrons. The minimum atomic E-state index is -4.00. The first kappa shape index (κ1) is 26.3. The number of carbonyl (C=O) groups excluding carboxylic acids is 2. The average Bonchev–Trinajstić information content (AvgIpc) is 3.19. The van der Waals surface area contributed by atoms with E-state index in [1.807, 2.05) is 0 Å². The van der Waals surface area contributed by atoms with Gasteiger partial charge in [0.05, 0.1) is 33.0 Å². The predicted octanol–water partition coefficient (Wildman–Crippen LogP) is -0.539. The third-order valence-electron chi connectivity index (χ3n) is 4.60. The summed E-state index contributed by atoms with van der Waals surface area (Å²) in [7, 11) is -1.73. The number of aromatic amines is 1. The summed E-state index contributed by atoms with van der Waals surface area (Å²) in [5.74, 6) is -1.48. The van der Waals surface area contributed by atoms with Gasteiger partial charge in [-0.2, -0.15) is 0 Å². The lowest BCUT2D eigenvalue weighted by atomic mass is 10.1. The summed E-state index contributed by atoms with van der Waals surface area (Å²) in [5, 5.41) is 8.33. The second-order valence-electron chi connectivity index (χ2n) is 6.79. The molecule has 2 heterocycles. The number of nitrogens with zero attached hydrogens (tertiary/aromatic N) is 4. The predicted molar refractivity (Wildman–Crippen MR) is 111 cm³/mol. The lowest BCUT2D eigenvalue weighted by Gasteiger charge is -2.23. The van der Waals surface area contributed by atoms with Crippen LogP contribution in [0.5, 0.6) is 0 Å². The van der Waals surface area contributed by atoms with Gasteiger partial charge in [0, 0.05) is 23.1 Å². The van der Waals surface area contributed by atoms with Crippen LogP contribution in [0.2, 0.25) is 0 Å². The molecule has 3 atom stereocenters. The number of carbonyl (C=O) groups is 2. The second kappa shape index (κ2) is 11.7. The number of nitrogens with one attached hydrogen (secondary N) is 3. The molecule has 17 heteroatoms. The van der Waals surface area contributed by atoms with Crippen LogP contribution < -0.4 is 21.4 Å². The Morgan fingerprint density at radius 2 is 1.91 bits per heavy atom. The van der Waals surface area contributed by atoms with Gasteiger partial charge in [-0.25, -0.2) is 15.0 Å². The molecule has 1 saturated heterocycles. The SMILES string of the molecule is COC(=O)CNP(=O)(NCC(=O)OC)OC[C@H]1O[C@@H](n2cc(C)c(=O)[nH]c2=O)C[C@@H]1N=[N+]=[N-]. The largest absolute Gasteiger partial charge is 0.468 e. The van der Waals surface area contributed by atoms with Gasteiger partial charge in [-0.3, -0.25) is 28.5 Å². The standard InChI is InChI=1S/C16H24N7O9P/c1-9-7-23(16(27)20-15(9)26)12-4-10(21-22-17)11(32-12)8-31-33(28,18-5-13(24)29-2)19-6-14(25)30-3/h7,10-12H,4-6,8H2,1-3H3,(H2,18,19,28)(H,20,26,27)/t10-,11+,12+/m0/s1. The fraction of sp³-hybridized carbons (Fsp3) is 0.625. The van der Waals surface area contributed by atoms with Crippen molar-refractivity contribution in [3.63, 3.8) is 0 Å². The van der Waals surface area contributed by atoms with Gasteiger partial charge in [-0.15, -0.1) is 0 Å². The van der Waals surface area contributed by atoms with Gasteiger partial charge < -0.3 is 18.7 Å². The Bertz CT molecular complexity index is 1060. The fourth-order valence-electron chi connectivity index (χ4n) is 2.83. The first-order valence-corrected chi connectivity index (χ1v) is 11.1. The Balaban J connectivity index is 2.17. The summed E-state index contributed by atoms with van der Waals surface area (Å²) in [6.07, 6.45) is -0.470. The Labute approximate surface area is 186 Å². The van der Waals surface area contributed by atoms with E-state index in [1.54, 1.807) is 0 Å². The van der Waals surface area contributed by atoms with E-state index >= 15 is 0 Å². The second-order valence-corrected chi connectivity index (χ2v) is 8.78. The number of hydrogen-bond donors (Lipinski definition) is 3. The third-order valence-corrected chi connectivity index (χ3v) is 6.26. The number of rotatable bonds is 11. The van der Waals surface area contributed by atoms with Crippen molar-refractivity contribution in [2.45, 2.75) is 31.7 Å². The molecule has 3 N–H and O–H groups in total. The number of H-pyrrole nitrogens is 1. The monoisotopic (exact) mass is 489 g/mol. The molecule has 2 rings (SSSR count). The zero-order valence-corrected chi connectivity index (χ0v) is 18.9. The molecule has 0 bridgehead atoms. The quantitative estimate of drug-likeness (QED) is 0.118. The number of ether oxygens (including phenoxy) is 3. The summed E-state index contributed by atoms with van der Waals surface area (Å²) in [6, 6.07) is -0.811. The number of methoxy groups -OCH3 is 2. The molecule has 1 aliphatic rings. The summed E-state index contributed by atoms with van der Waals surface area (Å²) in [4.78, 5) is 51.5. The first-order valence-electron chi connectivity index (χ1n) is 9.52. The van der Waals surface area contributed by atoms with Crippen molar-refractivity contribution in [1.29, 1.82) is 0 Å². The van der Waals surface area contributed by atoms with Crippen LogP contribution in [-0.2, 0) is 32.9 Å². The minimum absolute atomic E-state index is 0.0684. The first-order chi connectivity index (χ1) is 15.6. The van der Waals surface area contributed by atoms with E-state index in [9.17, 15) is 23.7 Å². The Morgan fingerprint density at radius 3 is 2.45 bits per heavy atom. The smallest absolute Gasteiger partial charge is 0.341 e. The number of esters is 2. The molecule has 0 unspecified atom stereocenters. The van der Waals surface area contributed by atoms with Crippen LogP contribution in [0.4, 0.5) is 0 Å². The van der Waals surface area contributed by atoms with Gasteiger partial charge in [0.15, 0.2) is 0 Å². The summed E-state index contributed by atoms with van der Waals surface area (Å²) in [5.41, 5.74) is 7.87. The van der Waals surface area contributed by atoms with Crippen LogP contribution in [0.15, 0.2) is 20.9 Å². The fourth-order valence-corrected chi connectivity index (χ4v) is 4.16. The highest BCUT2D eigenvalue weighted by Gasteiger charge is 2.38. The van der Waals surface area contributed by atoms with Crippen molar-refractivity contribution in [3.05, 3.63) is 43.0 Å². The molecule has 16 nitrogen and oxygen atoms in total. The summed E-state index contributed by atoms with van der Waals surface area (Å²) < 4.78 is 34.3. The number of aryl methyl sites for hydroxylation is 1. The van der Waals surface area contributed by atoms with Crippen molar-refractivity contribution in [2.75, 3.05) is 33.9 Å². The Kier molecular flexibility index (Phi) is 9.34. The van der Waals surface area contributed by atoms with Crippen molar-refractivity contribution >= 4 is 19.6 Å². The van der Waals surface area contributed by atoms with Gasteiger partial charge in [0.2, 0.25) is 0 Å². The van der Waals surface area contributed by atoms with Crippen LogP contribution in [0.3, 0.4) is 0 Å². The minimum Gasteiger partial charge on any atom is -0.468 e. The van der Waals surface area contributed by atoms with Gasteiger partial charge >= 0.3 is 25.3 Å². The Morgan fingerprint density at radius 1 is 1.30 bits per heavy atom. The zero-order valence-electron chi connectivity index (χ0n) is 18.0. The molecule has 182 valence electrons. The molecule has 1 aromatic rings. The van der Waals surface area contributed by atoms with E-state index in [0.717, 1.165) is 18.8 Å². The van der Waals surface area contributed by atoms with Crippen molar-refractivity contribution in [1.82, 2.24) is 19.7 Å². The molecule has 1 fully saturated rings. The molecule has 1 aromatic heterocycles. The maximum absolute atomic E-state index is 13.0. The van der Waals surface area contributed by atoms with E-state index in [2.05, 4.69) is 34.7 Å². The van der Waals surface area contributed by atoms with Gasteiger partial charge in [-0.05, 0) is 12.5 Å². The molecular weight excluding hydrogens is 465 g/mol. The number of aromatic nitrogens is 2. The van der Waals surface area contributed by atoms with Crippen molar-refractivity contribution < 1.29 is 32.9 Å². The number of azide groups is 1. The normalized spacial score (nSPS) is 20.2. The molecule has 0 saturated carbocycles. The Hall–Kier alpha value is -3.00. The zero-order chi connectivity index (χ0) is 24.6. The van der Waals surface area contributed by atoms with E-state index in [0.29, 0.717) is 0 Å². The van der Waals surface area contributed by atoms with Gasteiger partial charge in [0.25, 0.3) is 5.56 Å². The van der Waals surface area contributed by atoms with Gasteiger partial charge in [-0.1, -0.05) is 5.11 Å². The summed E-state index contributed by atoms with van der Waals surface area (Å²) >= 11 is 0. The molecule has 0 spiro atoms. The molecule has 0 amide bonds.